The number of unbranched alkanes of at least 4 members (excludes halogenated alkanes) is 1. The summed E-state index contributed by atoms with van der Waals surface area (Å²) in [6.45, 7) is 7.09. The molecule has 0 amide bonds. The Bertz CT molecular complexity index is 1050. The molecule has 1 aliphatic heterocycles. The van der Waals surface area contributed by atoms with E-state index < -0.39 is 0 Å². The van der Waals surface area contributed by atoms with Gasteiger partial charge >= 0.3 is 0 Å². The highest BCUT2D eigenvalue weighted by Crippen LogP contribution is 2.43. The first-order valence-electron chi connectivity index (χ1n) is 12.4. The van der Waals surface area contributed by atoms with E-state index in [-0.39, 0.29) is 0 Å². The van der Waals surface area contributed by atoms with Gasteiger partial charge in [-0.2, -0.15) is 5.10 Å². The maximum absolute atomic E-state index is 5.55. The number of aromatic nitrogens is 3. The molecule has 0 unspecified atom stereocenters. The topological polar surface area (TPSA) is 43.2 Å². The van der Waals surface area contributed by atoms with Gasteiger partial charge in [0, 0.05) is 49.4 Å². The Hall–Kier alpha value is -2.24. The van der Waals surface area contributed by atoms with Crippen molar-refractivity contribution in [1.29, 1.82) is 0 Å². The summed E-state index contributed by atoms with van der Waals surface area (Å²) in [6.07, 6.45) is 9.29. The van der Waals surface area contributed by atoms with Crippen LogP contribution in [0.1, 0.15) is 62.6 Å². The third-order valence-electron chi connectivity index (χ3n) is 6.96. The second-order valence-electron chi connectivity index (χ2n) is 9.78. The summed E-state index contributed by atoms with van der Waals surface area (Å²) < 4.78 is 7.73. The lowest BCUT2D eigenvalue weighted by molar-refractivity contribution is 0.0605. The van der Waals surface area contributed by atoms with Gasteiger partial charge < -0.3 is 9.64 Å². The van der Waals surface area contributed by atoms with Crippen molar-refractivity contribution < 1.29 is 4.74 Å². The Kier molecular flexibility index (Phi) is 6.56. The summed E-state index contributed by atoms with van der Waals surface area (Å²) in [5.41, 5.74) is 6.12. The summed E-state index contributed by atoms with van der Waals surface area (Å²) >= 11 is 0. The van der Waals surface area contributed by atoms with E-state index in [1.165, 1.54) is 53.5 Å². The SMILES string of the molecule is CCCCN(C)Cc1cccc(-c2cnc3c(c2)c(C2CC2)nn3CC2CCOCC2)c1. The lowest BCUT2D eigenvalue weighted by atomic mass is 10.0. The molecule has 5 heteroatoms. The zero-order valence-electron chi connectivity index (χ0n) is 19.6. The first-order chi connectivity index (χ1) is 15.7. The van der Waals surface area contributed by atoms with E-state index in [0.717, 1.165) is 51.3 Å². The Balaban J connectivity index is 1.42. The van der Waals surface area contributed by atoms with Gasteiger partial charge in [-0.1, -0.05) is 31.5 Å². The predicted octanol–water partition coefficient (Wildman–Crippen LogP) is 5.63. The molecule has 1 aromatic carbocycles. The molecule has 0 bridgehead atoms. The molecule has 2 aliphatic rings. The molecule has 2 fully saturated rings. The van der Waals surface area contributed by atoms with Crippen LogP contribution in [0.4, 0.5) is 0 Å². The van der Waals surface area contributed by atoms with Crippen molar-refractivity contribution in [2.24, 2.45) is 5.92 Å². The molecule has 1 saturated carbocycles. The van der Waals surface area contributed by atoms with E-state index in [1.54, 1.807) is 0 Å². The van der Waals surface area contributed by atoms with Crippen LogP contribution in [0.15, 0.2) is 36.5 Å². The van der Waals surface area contributed by atoms with Crippen molar-refractivity contribution in [3.05, 3.63) is 47.8 Å². The van der Waals surface area contributed by atoms with Crippen LogP contribution in [0.3, 0.4) is 0 Å². The molecule has 32 heavy (non-hydrogen) atoms. The Morgan fingerprint density at radius 3 is 2.72 bits per heavy atom. The van der Waals surface area contributed by atoms with Gasteiger partial charge in [0.25, 0.3) is 0 Å². The van der Waals surface area contributed by atoms with Gasteiger partial charge in [-0.05, 0) is 74.9 Å². The van der Waals surface area contributed by atoms with Gasteiger partial charge in [-0.25, -0.2) is 9.67 Å². The number of nitrogens with zero attached hydrogens (tertiary/aromatic N) is 4. The molecule has 1 saturated heterocycles. The van der Waals surface area contributed by atoms with Crippen LogP contribution in [0, 0.1) is 5.92 Å². The minimum Gasteiger partial charge on any atom is -0.381 e. The second kappa shape index (κ2) is 9.72. The summed E-state index contributed by atoms with van der Waals surface area (Å²) in [5.74, 6) is 1.26. The molecule has 5 nitrogen and oxygen atoms in total. The van der Waals surface area contributed by atoms with E-state index in [2.05, 4.69) is 53.9 Å². The molecular formula is C27H36N4O. The van der Waals surface area contributed by atoms with Gasteiger partial charge in [-0.3, -0.25) is 0 Å². The minimum absolute atomic E-state index is 0.615. The third-order valence-corrected chi connectivity index (χ3v) is 6.96. The summed E-state index contributed by atoms with van der Waals surface area (Å²) in [5, 5.41) is 6.32. The highest BCUT2D eigenvalue weighted by Gasteiger charge is 2.30. The summed E-state index contributed by atoms with van der Waals surface area (Å²) in [4.78, 5) is 7.36. The molecule has 0 atom stereocenters. The highest BCUT2D eigenvalue weighted by atomic mass is 16.5. The molecule has 5 rings (SSSR count). The fourth-order valence-corrected chi connectivity index (χ4v) is 4.87. The lowest BCUT2D eigenvalue weighted by Gasteiger charge is -2.21. The van der Waals surface area contributed by atoms with Gasteiger partial charge in [0.15, 0.2) is 5.65 Å². The van der Waals surface area contributed by atoms with Crippen LogP contribution in [-0.4, -0.2) is 46.5 Å². The number of ether oxygens (including phenoxy) is 1. The van der Waals surface area contributed by atoms with Crippen molar-refractivity contribution in [2.75, 3.05) is 26.8 Å². The van der Waals surface area contributed by atoms with E-state index in [4.69, 9.17) is 14.8 Å². The van der Waals surface area contributed by atoms with E-state index >= 15 is 0 Å². The first kappa shape index (κ1) is 21.6. The van der Waals surface area contributed by atoms with Crippen LogP contribution in [0.2, 0.25) is 0 Å². The van der Waals surface area contributed by atoms with Crippen molar-refractivity contribution in [2.45, 2.75) is 64.5 Å². The Morgan fingerprint density at radius 1 is 1.09 bits per heavy atom. The average molecular weight is 433 g/mol. The van der Waals surface area contributed by atoms with Gasteiger partial charge in [-0.15, -0.1) is 0 Å². The molecule has 0 spiro atoms. The normalized spacial score (nSPS) is 17.5. The summed E-state index contributed by atoms with van der Waals surface area (Å²) in [7, 11) is 2.21. The largest absolute Gasteiger partial charge is 0.381 e. The highest BCUT2D eigenvalue weighted by molar-refractivity contribution is 5.84. The molecule has 170 valence electrons. The van der Waals surface area contributed by atoms with Gasteiger partial charge in [0.05, 0.1) is 5.69 Å². The van der Waals surface area contributed by atoms with E-state index in [0.29, 0.717) is 11.8 Å². The monoisotopic (exact) mass is 432 g/mol. The zero-order valence-corrected chi connectivity index (χ0v) is 19.6. The molecular weight excluding hydrogens is 396 g/mol. The number of fused-ring (bicyclic) bond motifs is 1. The van der Waals surface area contributed by atoms with Crippen molar-refractivity contribution in [3.63, 3.8) is 0 Å². The molecule has 0 N–H and O–H groups in total. The van der Waals surface area contributed by atoms with Crippen LogP contribution in [0.25, 0.3) is 22.2 Å². The van der Waals surface area contributed by atoms with Crippen LogP contribution < -0.4 is 0 Å². The number of rotatable bonds is 9. The zero-order chi connectivity index (χ0) is 21.9. The Labute approximate surface area is 191 Å². The van der Waals surface area contributed by atoms with Crippen LogP contribution in [-0.2, 0) is 17.8 Å². The molecule has 2 aromatic heterocycles. The average Bonchev–Trinajstić information content (AvgIpc) is 3.61. The molecule has 3 aromatic rings. The fourth-order valence-electron chi connectivity index (χ4n) is 4.87. The third kappa shape index (κ3) is 4.89. The van der Waals surface area contributed by atoms with Crippen molar-refractivity contribution >= 4 is 11.0 Å². The maximum atomic E-state index is 5.55. The summed E-state index contributed by atoms with van der Waals surface area (Å²) in [6, 6.07) is 11.3. The first-order valence-corrected chi connectivity index (χ1v) is 12.4. The second-order valence-corrected chi connectivity index (χ2v) is 9.78. The van der Waals surface area contributed by atoms with E-state index in [9.17, 15) is 0 Å². The fraction of sp³-hybridized carbons (Fsp3) is 0.556. The minimum atomic E-state index is 0.615. The number of pyridine rings is 1. The number of benzene rings is 1. The lowest BCUT2D eigenvalue weighted by Crippen LogP contribution is -2.21. The Morgan fingerprint density at radius 2 is 1.94 bits per heavy atom. The number of hydrogen-bond acceptors (Lipinski definition) is 4. The molecule has 3 heterocycles. The standard InChI is InChI=1S/C27H36N4O/c1-3-4-12-30(2)18-21-6-5-7-23(15-21)24-16-25-26(22-8-9-22)29-31(27(25)28-17-24)19-20-10-13-32-14-11-20/h5-7,15-17,20,22H,3-4,8-14,18-19H2,1-2H3. The number of hydrogen-bond donors (Lipinski definition) is 0. The van der Waals surface area contributed by atoms with Crippen molar-refractivity contribution in [3.8, 4) is 11.1 Å². The van der Waals surface area contributed by atoms with Crippen molar-refractivity contribution in [1.82, 2.24) is 19.7 Å². The van der Waals surface area contributed by atoms with Crippen LogP contribution >= 0.6 is 0 Å². The smallest absolute Gasteiger partial charge is 0.158 e. The molecule has 0 radical (unpaired) electrons. The van der Waals surface area contributed by atoms with Crippen LogP contribution in [0.5, 0.6) is 0 Å². The molecule has 1 aliphatic carbocycles. The van der Waals surface area contributed by atoms with E-state index in [1.807, 2.05) is 6.20 Å². The predicted molar refractivity (Wildman–Crippen MR) is 130 cm³/mol. The quantitative estimate of drug-likeness (QED) is 0.439. The van der Waals surface area contributed by atoms with Gasteiger partial charge in [0.1, 0.15) is 0 Å². The maximum Gasteiger partial charge on any atom is 0.158 e. The van der Waals surface area contributed by atoms with Gasteiger partial charge in [0.2, 0.25) is 0 Å².